The number of anilines is 2. The molecular formula is C25H33N3O2S. The third kappa shape index (κ3) is 4.79. The van der Waals surface area contributed by atoms with Crippen molar-refractivity contribution in [3.63, 3.8) is 0 Å². The molecule has 166 valence electrons. The number of fused-ring (bicyclic) bond motifs is 1. The summed E-state index contributed by atoms with van der Waals surface area (Å²) < 4.78 is 0. The van der Waals surface area contributed by atoms with E-state index in [1.54, 1.807) is 11.3 Å². The molecule has 1 aromatic heterocycles. The van der Waals surface area contributed by atoms with Crippen LogP contribution in [0.2, 0.25) is 0 Å². The van der Waals surface area contributed by atoms with Crippen molar-refractivity contribution < 1.29 is 9.59 Å². The lowest BCUT2D eigenvalue weighted by Gasteiger charge is -2.33. The van der Waals surface area contributed by atoms with Gasteiger partial charge in [-0.3, -0.25) is 9.59 Å². The van der Waals surface area contributed by atoms with E-state index in [0.29, 0.717) is 11.3 Å². The molecule has 2 heterocycles. The number of nitrogens with one attached hydrogen (secondary N) is 1. The summed E-state index contributed by atoms with van der Waals surface area (Å²) in [5.41, 5.74) is 8.95. The molecule has 2 amide bonds. The predicted molar refractivity (Wildman–Crippen MR) is 128 cm³/mol. The van der Waals surface area contributed by atoms with Gasteiger partial charge in [-0.2, -0.15) is 0 Å². The minimum Gasteiger partial charge on any atom is -0.370 e. The number of rotatable bonds is 4. The molecule has 3 N–H and O–H groups in total. The highest BCUT2D eigenvalue weighted by Gasteiger charge is 2.31. The molecule has 1 saturated heterocycles. The Hall–Kier alpha value is -2.34. The first-order valence-electron chi connectivity index (χ1n) is 11.3. The van der Waals surface area contributed by atoms with E-state index in [9.17, 15) is 9.59 Å². The van der Waals surface area contributed by atoms with Crippen LogP contribution in [0.3, 0.4) is 0 Å². The maximum Gasteiger partial charge on any atom is 0.265 e. The monoisotopic (exact) mass is 439 g/mol. The van der Waals surface area contributed by atoms with Crippen LogP contribution in [0.5, 0.6) is 0 Å². The molecule has 1 aliphatic carbocycles. The first kappa shape index (κ1) is 21.9. The molecule has 6 heteroatoms. The first-order valence-corrected chi connectivity index (χ1v) is 12.1. The van der Waals surface area contributed by atoms with Crippen molar-refractivity contribution in [3.05, 3.63) is 45.6 Å². The van der Waals surface area contributed by atoms with Gasteiger partial charge in [-0.1, -0.05) is 32.9 Å². The molecule has 0 spiro atoms. The highest BCUT2D eigenvalue weighted by molar-refractivity contribution is 7.14. The van der Waals surface area contributed by atoms with Crippen molar-refractivity contribution in [1.82, 2.24) is 0 Å². The van der Waals surface area contributed by atoms with E-state index in [4.69, 9.17) is 5.73 Å². The number of aryl methyl sites for hydroxylation is 1. The van der Waals surface area contributed by atoms with Crippen molar-refractivity contribution in [3.8, 4) is 0 Å². The summed E-state index contributed by atoms with van der Waals surface area (Å²) in [6, 6.07) is 10.0. The summed E-state index contributed by atoms with van der Waals surface area (Å²) in [6.07, 6.45) is 4.84. The predicted octanol–water partition coefficient (Wildman–Crippen LogP) is 4.85. The highest BCUT2D eigenvalue weighted by atomic mass is 32.1. The van der Waals surface area contributed by atoms with E-state index in [-0.39, 0.29) is 17.7 Å². The van der Waals surface area contributed by atoms with E-state index in [0.717, 1.165) is 55.0 Å². The number of hydrogen-bond donors (Lipinski definition) is 2. The summed E-state index contributed by atoms with van der Waals surface area (Å²) in [6.45, 7) is 8.47. The van der Waals surface area contributed by atoms with E-state index in [1.165, 1.54) is 16.9 Å². The van der Waals surface area contributed by atoms with Gasteiger partial charge in [-0.25, -0.2) is 0 Å². The molecule has 31 heavy (non-hydrogen) atoms. The zero-order valence-electron chi connectivity index (χ0n) is 18.7. The lowest BCUT2D eigenvalue weighted by atomic mass is 9.72. The first-order chi connectivity index (χ1) is 14.7. The van der Waals surface area contributed by atoms with Gasteiger partial charge in [0, 0.05) is 23.9 Å². The van der Waals surface area contributed by atoms with Gasteiger partial charge in [0.25, 0.3) is 5.91 Å². The molecule has 1 fully saturated rings. The SMILES string of the molecule is CC(C)(C)C1CCc2sc(C(=O)Nc3ccccc3N3CCC(C(N)=O)CC3)cc2C1. The zero-order chi connectivity index (χ0) is 22.2. The Morgan fingerprint density at radius 1 is 1.13 bits per heavy atom. The topological polar surface area (TPSA) is 75.4 Å². The fourth-order valence-electron chi connectivity index (χ4n) is 4.82. The molecule has 1 unspecified atom stereocenters. The Bertz CT molecular complexity index is 967. The number of thiophene rings is 1. The Labute approximate surface area is 189 Å². The Morgan fingerprint density at radius 2 is 1.84 bits per heavy atom. The van der Waals surface area contributed by atoms with Gasteiger partial charge in [0.05, 0.1) is 16.3 Å². The van der Waals surface area contributed by atoms with Crippen LogP contribution in [-0.4, -0.2) is 24.9 Å². The third-order valence-electron chi connectivity index (χ3n) is 6.92. The van der Waals surface area contributed by atoms with Gasteiger partial charge in [-0.15, -0.1) is 11.3 Å². The fourth-order valence-corrected chi connectivity index (χ4v) is 5.92. The summed E-state index contributed by atoms with van der Waals surface area (Å²) >= 11 is 1.64. The second kappa shape index (κ2) is 8.65. The molecular weight excluding hydrogens is 406 g/mol. The number of hydrogen-bond acceptors (Lipinski definition) is 4. The maximum absolute atomic E-state index is 13.1. The standard InChI is InChI=1S/C25H33N3O2S/c1-25(2,3)18-8-9-21-17(14-18)15-22(31-21)24(30)27-19-6-4-5-7-20(19)28-12-10-16(11-13-28)23(26)29/h4-7,15-16,18H,8-14H2,1-3H3,(H2,26,29)(H,27,30). The lowest BCUT2D eigenvalue weighted by Crippen LogP contribution is -2.38. The maximum atomic E-state index is 13.1. The molecule has 2 aliphatic rings. The number of carbonyl (C=O) groups excluding carboxylic acids is 2. The van der Waals surface area contributed by atoms with Crippen LogP contribution in [0.25, 0.3) is 0 Å². The third-order valence-corrected chi connectivity index (χ3v) is 8.16. The van der Waals surface area contributed by atoms with E-state index in [1.807, 2.05) is 24.3 Å². The molecule has 5 nitrogen and oxygen atoms in total. The summed E-state index contributed by atoms with van der Waals surface area (Å²) in [5, 5.41) is 3.15. The molecule has 4 rings (SSSR count). The van der Waals surface area contributed by atoms with Crippen molar-refractivity contribution in [1.29, 1.82) is 0 Å². The molecule has 0 bridgehead atoms. The quantitative estimate of drug-likeness (QED) is 0.715. The fraction of sp³-hybridized carbons (Fsp3) is 0.520. The Kier molecular flexibility index (Phi) is 6.11. The summed E-state index contributed by atoms with van der Waals surface area (Å²) in [4.78, 5) is 29.0. The molecule has 0 saturated carbocycles. The number of nitrogens with zero attached hydrogens (tertiary/aromatic N) is 1. The van der Waals surface area contributed by atoms with Crippen molar-refractivity contribution in [2.45, 2.75) is 52.9 Å². The molecule has 1 aliphatic heterocycles. The Balaban J connectivity index is 1.47. The number of amides is 2. The summed E-state index contributed by atoms with van der Waals surface area (Å²) in [7, 11) is 0. The van der Waals surface area contributed by atoms with Crippen molar-refractivity contribution >= 4 is 34.5 Å². The second-order valence-corrected chi connectivity index (χ2v) is 11.1. The van der Waals surface area contributed by atoms with Crippen LogP contribution in [0, 0.1) is 17.3 Å². The van der Waals surface area contributed by atoms with Crippen LogP contribution in [0.1, 0.15) is 60.1 Å². The van der Waals surface area contributed by atoms with Gasteiger partial charge in [-0.05, 0) is 67.2 Å². The van der Waals surface area contributed by atoms with Crippen molar-refractivity contribution in [2.75, 3.05) is 23.3 Å². The zero-order valence-corrected chi connectivity index (χ0v) is 19.6. The van der Waals surface area contributed by atoms with Crippen LogP contribution in [-0.2, 0) is 17.6 Å². The molecule has 0 radical (unpaired) electrons. The van der Waals surface area contributed by atoms with Crippen molar-refractivity contribution in [2.24, 2.45) is 23.0 Å². The number of piperidine rings is 1. The van der Waals surface area contributed by atoms with E-state index >= 15 is 0 Å². The number of benzene rings is 1. The number of primary amides is 1. The van der Waals surface area contributed by atoms with Gasteiger partial charge >= 0.3 is 0 Å². The van der Waals surface area contributed by atoms with E-state index in [2.05, 4.69) is 37.1 Å². The average Bonchev–Trinajstić information content (AvgIpc) is 3.17. The summed E-state index contributed by atoms with van der Waals surface area (Å²) in [5.74, 6) is 0.365. The van der Waals surface area contributed by atoms with Crippen LogP contribution < -0.4 is 16.0 Å². The van der Waals surface area contributed by atoms with Gasteiger partial charge in [0.1, 0.15) is 0 Å². The molecule has 2 aromatic rings. The van der Waals surface area contributed by atoms with Gasteiger partial charge in [0.15, 0.2) is 0 Å². The number of carbonyl (C=O) groups is 2. The average molecular weight is 440 g/mol. The normalized spacial score (nSPS) is 19.7. The smallest absolute Gasteiger partial charge is 0.265 e. The van der Waals surface area contributed by atoms with Gasteiger partial charge in [0.2, 0.25) is 5.91 Å². The largest absolute Gasteiger partial charge is 0.370 e. The van der Waals surface area contributed by atoms with E-state index < -0.39 is 0 Å². The number of para-hydroxylation sites is 2. The lowest BCUT2D eigenvalue weighted by molar-refractivity contribution is -0.122. The van der Waals surface area contributed by atoms with Crippen LogP contribution in [0.15, 0.2) is 30.3 Å². The molecule has 1 atom stereocenters. The van der Waals surface area contributed by atoms with Crippen LogP contribution >= 0.6 is 11.3 Å². The molecule has 1 aromatic carbocycles. The Morgan fingerprint density at radius 3 is 2.52 bits per heavy atom. The van der Waals surface area contributed by atoms with Gasteiger partial charge < -0.3 is 16.0 Å². The highest BCUT2D eigenvalue weighted by Crippen LogP contribution is 2.40. The minimum absolute atomic E-state index is 0.0359. The number of nitrogens with two attached hydrogens (primary N) is 1. The van der Waals surface area contributed by atoms with Crippen LogP contribution in [0.4, 0.5) is 11.4 Å². The minimum atomic E-state index is -0.211. The second-order valence-electron chi connectivity index (χ2n) is 10.00.